The van der Waals surface area contributed by atoms with Crippen molar-refractivity contribution in [3.8, 4) is 5.75 Å². The summed E-state index contributed by atoms with van der Waals surface area (Å²) in [5, 5.41) is 0. The molecule has 0 aliphatic heterocycles. The third-order valence-electron chi connectivity index (χ3n) is 3.24. The van der Waals surface area contributed by atoms with Gasteiger partial charge in [-0.2, -0.15) is 0 Å². The van der Waals surface area contributed by atoms with Crippen molar-refractivity contribution in [3.05, 3.63) is 53.1 Å². The fourth-order valence-electron chi connectivity index (χ4n) is 2.43. The number of benzene rings is 1. The second-order valence-electron chi connectivity index (χ2n) is 4.62. The van der Waals surface area contributed by atoms with Gasteiger partial charge in [0.05, 0.1) is 12.8 Å². The molecular weight excluding hydrogens is 238 g/mol. The van der Waals surface area contributed by atoms with Crippen molar-refractivity contribution < 1.29 is 4.74 Å². The highest BCUT2D eigenvalue weighted by molar-refractivity contribution is 5.48. The Morgan fingerprint density at radius 2 is 2.05 bits per heavy atom. The largest absolute Gasteiger partial charge is 0.496 e. The maximum absolute atomic E-state index is 5.94. The standard InChI is InChI=1S/C15H19N3O/c1-10-6-11(2)15(14(7-10)19-3)12(8-16)13-9-17-4-5-18-13/h4-7,9,12H,8,16H2,1-3H3. The first kappa shape index (κ1) is 13.5. The first-order chi connectivity index (χ1) is 9.17. The molecule has 0 aliphatic rings. The van der Waals surface area contributed by atoms with Crippen LogP contribution in [0.1, 0.15) is 28.3 Å². The van der Waals surface area contributed by atoms with Gasteiger partial charge in [-0.25, -0.2) is 0 Å². The molecule has 1 aromatic carbocycles. The number of hydrogen-bond donors (Lipinski definition) is 1. The lowest BCUT2D eigenvalue weighted by atomic mass is 9.90. The van der Waals surface area contributed by atoms with Crippen LogP contribution in [0.15, 0.2) is 30.7 Å². The van der Waals surface area contributed by atoms with Gasteiger partial charge in [-0.3, -0.25) is 9.97 Å². The number of rotatable bonds is 4. The van der Waals surface area contributed by atoms with E-state index in [1.54, 1.807) is 25.7 Å². The van der Waals surface area contributed by atoms with Gasteiger partial charge in [0.15, 0.2) is 0 Å². The second-order valence-corrected chi connectivity index (χ2v) is 4.62. The van der Waals surface area contributed by atoms with Gasteiger partial charge in [-0.15, -0.1) is 0 Å². The highest BCUT2D eigenvalue weighted by Crippen LogP contribution is 2.33. The zero-order valence-corrected chi connectivity index (χ0v) is 11.6. The van der Waals surface area contributed by atoms with Gasteiger partial charge < -0.3 is 10.5 Å². The van der Waals surface area contributed by atoms with Gasteiger partial charge in [0.25, 0.3) is 0 Å². The normalized spacial score (nSPS) is 12.2. The fourth-order valence-corrected chi connectivity index (χ4v) is 2.43. The van der Waals surface area contributed by atoms with Crippen molar-refractivity contribution in [1.29, 1.82) is 0 Å². The predicted octanol–water partition coefficient (Wildman–Crippen LogP) is 2.19. The van der Waals surface area contributed by atoms with E-state index in [0.29, 0.717) is 6.54 Å². The second kappa shape index (κ2) is 5.80. The highest BCUT2D eigenvalue weighted by Gasteiger charge is 2.20. The van der Waals surface area contributed by atoms with Crippen molar-refractivity contribution in [1.82, 2.24) is 9.97 Å². The molecule has 2 aromatic rings. The fraction of sp³-hybridized carbons (Fsp3) is 0.333. The summed E-state index contributed by atoms with van der Waals surface area (Å²) in [5.74, 6) is 0.864. The van der Waals surface area contributed by atoms with Gasteiger partial charge in [-0.05, 0) is 31.0 Å². The Morgan fingerprint density at radius 1 is 1.26 bits per heavy atom. The van der Waals surface area contributed by atoms with E-state index in [2.05, 4.69) is 29.9 Å². The minimum Gasteiger partial charge on any atom is -0.496 e. The topological polar surface area (TPSA) is 61.0 Å². The molecule has 2 N–H and O–H groups in total. The van der Waals surface area contributed by atoms with Crippen LogP contribution >= 0.6 is 0 Å². The van der Waals surface area contributed by atoms with Gasteiger partial charge in [0.2, 0.25) is 0 Å². The molecule has 0 saturated heterocycles. The zero-order chi connectivity index (χ0) is 13.8. The third-order valence-corrected chi connectivity index (χ3v) is 3.24. The Bertz CT molecular complexity index is 555. The van der Waals surface area contributed by atoms with Crippen LogP contribution in [0.2, 0.25) is 0 Å². The number of hydrogen-bond acceptors (Lipinski definition) is 4. The molecule has 1 atom stereocenters. The van der Waals surface area contributed by atoms with Crippen LogP contribution in [0.4, 0.5) is 0 Å². The summed E-state index contributed by atoms with van der Waals surface area (Å²) in [5.41, 5.74) is 10.2. The lowest BCUT2D eigenvalue weighted by molar-refractivity contribution is 0.406. The summed E-state index contributed by atoms with van der Waals surface area (Å²) in [4.78, 5) is 8.49. The van der Waals surface area contributed by atoms with Crippen LogP contribution in [0.25, 0.3) is 0 Å². The van der Waals surface area contributed by atoms with Crippen LogP contribution in [0, 0.1) is 13.8 Å². The average molecular weight is 257 g/mol. The molecule has 100 valence electrons. The summed E-state index contributed by atoms with van der Waals surface area (Å²) in [7, 11) is 1.68. The number of nitrogens with zero attached hydrogens (tertiary/aromatic N) is 2. The number of nitrogens with two attached hydrogens (primary N) is 1. The smallest absolute Gasteiger partial charge is 0.123 e. The number of methoxy groups -OCH3 is 1. The maximum atomic E-state index is 5.94. The van der Waals surface area contributed by atoms with Crippen molar-refractivity contribution in [2.45, 2.75) is 19.8 Å². The molecule has 4 nitrogen and oxygen atoms in total. The monoisotopic (exact) mass is 257 g/mol. The SMILES string of the molecule is COc1cc(C)cc(C)c1C(CN)c1cnccn1. The third kappa shape index (κ3) is 2.74. The lowest BCUT2D eigenvalue weighted by Crippen LogP contribution is -2.17. The average Bonchev–Trinajstić information content (AvgIpc) is 2.42. The van der Waals surface area contributed by atoms with Crippen LogP contribution in [0.5, 0.6) is 5.75 Å². The van der Waals surface area contributed by atoms with E-state index in [4.69, 9.17) is 10.5 Å². The minimum atomic E-state index is 0.00394. The first-order valence-electron chi connectivity index (χ1n) is 6.28. The molecule has 0 radical (unpaired) electrons. The highest BCUT2D eigenvalue weighted by atomic mass is 16.5. The molecule has 0 spiro atoms. The van der Waals surface area contributed by atoms with Crippen molar-refractivity contribution in [3.63, 3.8) is 0 Å². The quantitative estimate of drug-likeness (QED) is 0.912. The maximum Gasteiger partial charge on any atom is 0.123 e. The zero-order valence-electron chi connectivity index (χ0n) is 11.6. The molecule has 2 rings (SSSR count). The molecule has 0 saturated carbocycles. The van der Waals surface area contributed by atoms with E-state index in [-0.39, 0.29) is 5.92 Å². The molecule has 0 aliphatic carbocycles. The van der Waals surface area contributed by atoms with Gasteiger partial charge in [0.1, 0.15) is 5.75 Å². The summed E-state index contributed by atoms with van der Waals surface area (Å²) in [6.07, 6.45) is 5.11. The van der Waals surface area contributed by atoms with Crippen molar-refractivity contribution >= 4 is 0 Å². The van der Waals surface area contributed by atoms with Gasteiger partial charge >= 0.3 is 0 Å². The van der Waals surface area contributed by atoms with E-state index in [1.807, 2.05) is 6.07 Å². The Balaban J connectivity index is 2.55. The van der Waals surface area contributed by atoms with E-state index >= 15 is 0 Å². The van der Waals surface area contributed by atoms with Gasteiger partial charge in [0, 0.05) is 36.6 Å². The van der Waals surface area contributed by atoms with Crippen LogP contribution in [-0.2, 0) is 0 Å². The van der Waals surface area contributed by atoms with E-state index in [1.165, 1.54) is 5.56 Å². The summed E-state index contributed by atoms with van der Waals surface area (Å²) in [6, 6.07) is 4.16. The Hall–Kier alpha value is -1.94. The lowest BCUT2D eigenvalue weighted by Gasteiger charge is -2.20. The van der Waals surface area contributed by atoms with Crippen LogP contribution < -0.4 is 10.5 Å². The Kier molecular flexibility index (Phi) is 4.12. The Morgan fingerprint density at radius 3 is 2.63 bits per heavy atom. The van der Waals surface area contributed by atoms with E-state index < -0.39 is 0 Å². The van der Waals surface area contributed by atoms with E-state index in [0.717, 1.165) is 22.6 Å². The van der Waals surface area contributed by atoms with Crippen molar-refractivity contribution in [2.75, 3.05) is 13.7 Å². The summed E-state index contributed by atoms with van der Waals surface area (Å²) in [6.45, 7) is 4.60. The number of ether oxygens (including phenoxy) is 1. The molecule has 1 aromatic heterocycles. The van der Waals surface area contributed by atoms with Crippen LogP contribution in [-0.4, -0.2) is 23.6 Å². The summed E-state index contributed by atoms with van der Waals surface area (Å²) < 4.78 is 5.51. The first-order valence-corrected chi connectivity index (χ1v) is 6.28. The molecule has 1 heterocycles. The molecule has 4 heteroatoms. The molecule has 0 fully saturated rings. The van der Waals surface area contributed by atoms with Crippen LogP contribution in [0.3, 0.4) is 0 Å². The number of aromatic nitrogens is 2. The molecule has 0 amide bonds. The minimum absolute atomic E-state index is 0.00394. The number of aryl methyl sites for hydroxylation is 2. The molecular formula is C15H19N3O. The van der Waals surface area contributed by atoms with Gasteiger partial charge in [-0.1, -0.05) is 6.07 Å². The molecule has 0 bridgehead atoms. The molecule has 19 heavy (non-hydrogen) atoms. The Labute approximate surface area is 113 Å². The van der Waals surface area contributed by atoms with E-state index in [9.17, 15) is 0 Å². The van der Waals surface area contributed by atoms with Crippen molar-refractivity contribution in [2.24, 2.45) is 5.73 Å². The molecule has 1 unspecified atom stereocenters. The summed E-state index contributed by atoms with van der Waals surface area (Å²) >= 11 is 0. The predicted molar refractivity (Wildman–Crippen MR) is 75.4 cm³/mol.